The molecule has 2 aromatic rings. The Kier molecular flexibility index (Phi) is 4.37. The molecule has 1 aromatic heterocycles. The third-order valence-corrected chi connectivity index (χ3v) is 6.11. The topological polar surface area (TPSA) is 59.5 Å². The normalized spacial score (nSPS) is 19.0. The lowest BCUT2D eigenvalue weighted by molar-refractivity contribution is 0.357. The number of nitrogens with zero attached hydrogens (tertiary/aromatic N) is 2. The minimum absolute atomic E-state index is 0.232. The van der Waals surface area contributed by atoms with E-state index in [0.717, 1.165) is 24.0 Å². The molecule has 1 fully saturated rings. The lowest BCUT2D eigenvalue weighted by Gasteiger charge is -2.25. The average molecular weight is 332 g/mol. The summed E-state index contributed by atoms with van der Waals surface area (Å²) in [6.45, 7) is 2.45. The van der Waals surface area contributed by atoms with Gasteiger partial charge in [0, 0.05) is 18.3 Å². The third kappa shape index (κ3) is 2.96. The van der Waals surface area contributed by atoms with Crippen LogP contribution >= 0.6 is 0 Å². The van der Waals surface area contributed by atoms with Crippen LogP contribution in [0.5, 0.6) is 5.88 Å². The number of benzene rings is 1. The van der Waals surface area contributed by atoms with Gasteiger partial charge < -0.3 is 4.74 Å². The highest BCUT2D eigenvalue weighted by Gasteiger charge is 2.37. The Hall–Kier alpha value is -1.92. The second-order valence-electron chi connectivity index (χ2n) is 5.69. The van der Waals surface area contributed by atoms with E-state index in [4.69, 9.17) is 4.74 Å². The summed E-state index contributed by atoms with van der Waals surface area (Å²) in [5, 5.41) is 0. The van der Waals surface area contributed by atoms with Crippen LogP contribution in [0.3, 0.4) is 0 Å². The molecule has 1 atom stereocenters. The quantitative estimate of drug-likeness (QED) is 0.864. The lowest BCUT2D eigenvalue weighted by atomic mass is 10.1. The van der Waals surface area contributed by atoms with Crippen LogP contribution in [0.15, 0.2) is 47.5 Å². The number of rotatable bonds is 4. The first-order valence-corrected chi connectivity index (χ1v) is 9.05. The van der Waals surface area contributed by atoms with Gasteiger partial charge in [-0.25, -0.2) is 13.4 Å². The fourth-order valence-electron chi connectivity index (χ4n) is 3.01. The summed E-state index contributed by atoms with van der Waals surface area (Å²) in [4.78, 5) is 4.53. The van der Waals surface area contributed by atoms with Crippen molar-refractivity contribution in [2.75, 3.05) is 13.7 Å². The highest BCUT2D eigenvalue weighted by Crippen LogP contribution is 2.39. The zero-order chi connectivity index (χ0) is 16.4. The van der Waals surface area contributed by atoms with Crippen LogP contribution in [0.2, 0.25) is 0 Å². The number of pyridine rings is 1. The smallest absolute Gasteiger partial charge is 0.243 e. The van der Waals surface area contributed by atoms with Crippen molar-refractivity contribution in [1.29, 1.82) is 0 Å². The van der Waals surface area contributed by atoms with E-state index in [2.05, 4.69) is 4.98 Å². The molecule has 1 aromatic carbocycles. The largest absolute Gasteiger partial charge is 0.481 e. The third-order valence-electron chi connectivity index (χ3n) is 4.18. The summed E-state index contributed by atoms with van der Waals surface area (Å²) in [7, 11) is -1.97. The molecule has 23 heavy (non-hydrogen) atoms. The maximum absolute atomic E-state index is 13.0. The highest BCUT2D eigenvalue weighted by molar-refractivity contribution is 7.89. The highest BCUT2D eigenvalue weighted by atomic mass is 32.2. The van der Waals surface area contributed by atoms with Crippen molar-refractivity contribution >= 4 is 10.0 Å². The van der Waals surface area contributed by atoms with Crippen molar-refractivity contribution in [3.8, 4) is 5.88 Å². The number of hydrogen-bond donors (Lipinski definition) is 0. The summed E-state index contributed by atoms with van der Waals surface area (Å²) in [6.07, 6.45) is 3.25. The molecule has 0 aliphatic carbocycles. The zero-order valence-electron chi connectivity index (χ0n) is 13.3. The van der Waals surface area contributed by atoms with Gasteiger partial charge in [-0.2, -0.15) is 4.31 Å². The Morgan fingerprint density at radius 1 is 1.22 bits per heavy atom. The van der Waals surface area contributed by atoms with E-state index in [0.29, 0.717) is 17.3 Å². The van der Waals surface area contributed by atoms with Gasteiger partial charge >= 0.3 is 0 Å². The maximum Gasteiger partial charge on any atom is 0.243 e. The monoisotopic (exact) mass is 332 g/mol. The van der Waals surface area contributed by atoms with Crippen molar-refractivity contribution in [2.45, 2.75) is 30.7 Å². The first kappa shape index (κ1) is 16.0. The van der Waals surface area contributed by atoms with Gasteiger partial charge in [-0.3, -0.25) is 0 Å². The Bertz CT molecular complexity index is 788. The molecule has 1 aliphatic heterocycles. The molecule has 0 amide bonds. The molecular formula is C17H20N2O3S. The Morgan fingerprint density at radius 2 is 1.96 bits per heavy atom. The SMILES string of the molecule is COc1ncccc1[C@H]1CCCN1S(=O)(=O)c1ccc(C)cc1. The van der Waals surface area contributed by atoms with Crippen LogP contribution in [0.25, 0.3) is 0 Å². The minimum Gasteiger partial charge on any atom is -0.481 e. The summed E-state index contributed by atoms with van der Waals surface area (Å²) in [5.41, 5.74) is 1.86. The van der Waals surface area contributed by atoms with Crippen molar-refractivity contribution in [3.63, 3.8) is 0 Å². The summed E-state index contributed by atoms with van der Waals surface area (Å²) in [5.74, 6) is 0.489. The van der Waals surface area contributed by atoms with Crippen molar-refractivity contribution in [2.24, 2.45) is 0 Å². The lowest BCUT2D eigenvalue weighted by Crippen LogP contribution is -2.31. The number of hydrogen-bond acceptors (Lipinski definition) is 4. The van der Waals surface area contributed by atoms with E-state index >= 15 is 0 Å². The van der Waals surface area contributed by atoms with Gasteiger partial charge in [0.1, 0.15) is 0 Å². The molecule has 0 bridgehead atoms. The molecule has 5 nitrogen and oxygen atoms in total. The van der Waals surface area contributed by atoms with E-state index < -0.39 is 10.0 Å². The molecule has 0 saturated carbocycles. The van der Waals surface area contributed by atoms with Crippen LogP contribution in [-0.4, -0.2) is 31.4 Å². The molecule has 1 saturated heterocycles. The predicted molar refractivity (Wildman–Crippen MR) is 87.8 cm³/mol. The van der Waals surface area contributed by atoms with E-state index in [9.17, 15) is 8.42 Å². The van der Waals surface area contributed by atoms with Gasteiger partial charge in [0.25, 0.3) is 0 Å². The average Bonchev–Trinajstić information content (AvgIpc) is 3.05. The number of sulfonamides is 1. The molecule has 0 spiro atoms. The summed E-state index contributed by atoms with van der Waals surface area (Å²) in [6, 6.07) is 10.4. The first-order valence-electron chi connectivity index (χ1n) is 7.61. The Balaban J connectivity index is 1.99. The van der Waals surface area contributed by atoms with E-state index in [1.807, 2.05) is 31.2 Å². The first-order chi connectivity index (χ1) is 11.0. The van der Waals surface area contributed by atoms with Crippen LogP contribution in [0, 0.1) is 6.92 Å². The van der Waals surface area contributed by atoms with Gasteiger partial charge in [-0.05, 0) is 38.0 Å². The molecular weight excluding hydrogens is 312 g/mol. The molecule has 0 N–H and O–H groups in total. The predicted octanol–water partition coefficient (Wildman–Crippen LogP) is 2.92. The van der Waals surface area contributed by atoms with Crippen molar-refractivity contribution in [3.05, 3.63) is 53.7 Å². The van der Waals surface area contributed by atoms with Gasteiger partial charge in [-0.15, -0.1) is 0 Å². The number of aromatic nitrogens is 1. The van der Waals surface area contributed by atoms with Gasteiger partial charge in [0.05, 0.1) is 18.0 Å². The fraction of sp³-hybridized carbons (Fsp3) is 0.353. The van der Waals surface area contributed by atoms with Crippen molar-refractivity contribution in [1.82, 2.24) is 9.29 Å². The number of methoxy groups -OCH3 is 1. The standard InChI is InChI=1S/C17H20N2O3S/c1-13-7-9-14(10-8-13)23(20,21)19-12-4-6-16(19)15-5-3-11-18-17(15)22-2/h3,5,7-11,16H,4,6,12H2,1-2H3/t16-/m1/s1. The fourth-order valence-corrected chi connectivity index (χ4v) is 4.69. The summed E-state index contributed by atoms with van der Waals surface area (Å²) >= 11 is 0. The number of aryl methyl sites for hydroxylation is 1. The zero-order valence-corrected chi connectivity index (χ0v) is 14.1. The van der Waals surface area contributed by atoms with Crippen LogP contribution in [-0.2, 0) is 10.0 Å². The molecule has 1 aliphatic rings. The van der Waals surface area contributed by atoms with Crippen LogP contribution < -0.4 is 4.74 Å². The van der Waals surface area contributed by atoms with E-state index in [1.165, 1.54) is 0 Å². The Labute approximate surface area is 137 Å². The van der Waals surface area contributed by atoms with Crippen molar-refractivity contribution < 1.29 is 13.2 Å². The van der Waals surface area contributed by atoms with Gasteiger partial charge in [0.15, 0.2) is 0 Å². The van der Waals surface area contributed by atoms with E-state index in [-0.39, 0.29) is 6.04 Å². The second kappa shape index (κ2) is 6.29. The minimum atomic E-state index is -3.53. The van der Waals surface area contributed by atoms with Gasteiger partial charge in [-0.1, -0.05) is 23.8 Å². The Morgan fingerprint density at radius 3 is 2.65 bits per heavy atom. The number of ether oxygens (including phenoxy) is 1. The molecule has 6 heteroatoms. The maximum atomic E-state index is 13.0. The van der Waals surface area contributed by atoms with Crippen LogP contribution in [0.4, 0.5) is 0 Å². The van der Waals surface area contributed by atoms with Crippen LogP contribution in [0.1, 0.15) is 30.0 Å². The summed E-state index contributed by atoms with van der Waals surface area (Å²) < 4.78 is 32.9. The molecule has 122 valence electrons. The molecule has 3 rings (SSSR count). The molecule has 2 heterocycles. The molecule has 0 unspecified atom stereocenters. The van der Waals surface area contributed by atoms with Gasteiger partial charge in [0.2, 0.25) is 15.9 Å². The van der Waals surface area contributed by atoms with E-state index in [1.54, 1.807) is 29.7 Å². The second-order valence-corrected chi connectivity index (χ2v) is 7.58. The molecule has 0 radical (unpaired) electrons.